The summed E-state index contributed by atoms with van der Waals surface area (Å²) in [7, 11) is -5.79. The van der Waals surface area contributed by atoms with Gasteiger partial charge in [-0.1, -0.05) is 231 Å². The van der Waals surface area contributed by atoms with Crippen LogP contribution in [0.25, 0.3) is 0 Å². The van der Waals surface area contributed by atoms with Crippen molar-refractivity contribution in [3.63, 3.8) is 0 Å². The fraction of sp³-hybridized carbons (Fsp3) is 0.137. The molecule has 0 bridgehead atoms. The average molecular weight is 749 g/mol. The standard InChI is InChI=1S/C51H48O2Si2/c1-7-27-45(28-8-1)54(46-29-9-2-10-30-46,47-31-11-3-12-32-47)52-41-39-51(43-23-19-20-24-43,44-25-21-22-26-44)40-42-53-55(48-33-13-4-14-34-48,49-35-15-5-16-36-49)50-37-17-6-18-38-50/h1-38,43-44H,39-42H2. The van der Waals surface area contributed by atoms with Gasteiger partial charge in [0.2, 0.25) is 0 Å². The van der Waals surface area contributed by atoms with Gasteiger partial charge in [0.1, 0.15) is 0 Å². The van der Waals surface area contributed by atoms with E-state index in [1.165, 1.54) is 31.1 Å². The second kappa shape index (κ2) is 17.0. The molecule has 6 aromatic carbocycles. The predicted molar refractivity (Wildman–Crippen MR) is 235 cm³/mol. The normalized spacial score (nSPS) is 14.5. The Hall–Kier alpha value is -5.37. The van der Waals surface area contributed by atoms with Gasteiger partial charge in [0, 0.05) is 25.0 Å². The number of hydrogen-bond donors (Lipinski definition) is 0. The molecule has 0 atom stereocenters. The zero-order chi connectivity index (χ0) is 37.2. The summed E-state index contributed by atoms with van der Waals surface area (Å²) in [5, 5.41) is 7.54. The van der Waals surface area contributed by atoms with Gasteiger partial charge in [0.25, 0.3) is 16.6 Å². The van der Waals surface area contributed by atoms with Crippen molar-refractivity contribution in [2.24, 2.45) is 17.3 Å². The van der Waals surface area contributed by atoms with E-state index < -0.39 is 16.6 Å². The van der Waals surface area contributed by atoms with Crippen molar-refractivity contribution in [1.29, 1.82) is 0 Å². The van der Waals surface area contributed by atoms with Crippen LogP contribution in [0.4, 0.5) is 0 Å². The average Bonchev–Trinajstić information content (AvgIpc) is 4.03. The Morgan fingerprint density at radius 1 is 0.327 bits per heavy atom. The van der Waals surface area contributed by atoms with Crippen LogP contribution in [0.15, 0.2) is 231 Å². The van der Waals surface area contributed by atoms with Crippen LogP contribution in [0.2, 0.25) is 0 Å². The fourth-order valence-corrected chi connectivity index (χ4v) is 16.8. The summed E-state index contributed by atoms with van der Waals surface area (Å²) in [6.45, 7) is 1.22. The van der Waals surface area contributed by atoms with Gasteiger partial charge < -0.3 is 8.85 Å². The molecule has 0 saturated carbocycles. The largest absolute Gasteiger partial charge is 0.404 e. The molecule has 0 aliphatic heterocycles. The van der Waals surface area contributed by atoms with E-state index in [-0.39, 0.29) is 17.3 Å². The van der Waals surface area contributed by atoms with Gasteiger partial charge in [-0.05, 0) is 49.4 Å². The predicted octanol–water partition coefficient (Wildman–Crippen LogP) is 7.60. The SMILES string of the molecule is C1=CC(C(CCO[Si](c2ccccc2)(c2ccccc2)c2ccccc2)(CCO[Si](c2ccccc2)(c2ccccc2)c2ccccc2)C2C=CC=C2)C=C1. The van der Waals surface area contributed by atoms with E-state index in [4.69, 9.17) is 8.85 Å². The first-order chi connectivity index (χ1) is 27.3. The summed E-state index contributed by atoms with van der Waals surface area (Å²) >= 11 is 0. The van der Waals surface area contributed by atoms with Crippen LogP contribution in [0.3, 0.4) is 0 Å². The lowest BCUT2D eigenvalue weighted by Gasteiger charge is -2.44. The highest BCUT2D eigenvalue weighted by molar-refractivity contribution is 7.07. The Morgan fingerprint density at radius 3 is 0.764 bits per heavy atom. The Balaban J connectivity index is 1.18. The summed E-state index contributed by atoms with van der Waals surface area (Å²) in [6.07, 6.45) is 20.2. The van der Waals surface area contributed by atoms with E-state index in [2.05, 4.69) is 231 Å². The van der Waals surface area contributed by atoms with Crippen molar-refractivity contribution in [1.82, 2.24) is 0 Å². The molecule has 55 heavy (non-hydrogen) atoms. The van der Waals surface area contributed by atoms with Crippen molar-refractivity contribution < 1.29 is 8.85 Å². The minimum atomic E-state index is -2.89. The highest BCUT2D eigenvalue weighted by Gasteiger charge is 2.47. The van der Waals surface area contributed by atoms with Gasteiger partial charge in [-0.15, -0.1) is 0 Å². The van der Waals surface area contributed by atoms with Gasteiger partial charge in [-0.25, -0.2) is 0 Å². The summed E-state index contributed by atoms with van der Waals surface area (Å²) < 4.78 is 15.3. The van der Waals surface area contributed by atoms with Gasteiger partial charge in [0.05, 0.1) is 0 Å². The van der Waals surface area contributed by atoms with Crippen molar-refractivity contribution in [2.45, 2.75) is 12.8 Å². The Kier molecular flexibility index (Phi) is 11.3. The second-order valence-corrected chi connectivity index (χ2v) is 21.3. The molecule has 0 heterocycles. The number of allylic oxidation sites excluding steroid dienone is 8. The maximum absolute atomic E-state index is 7.63. The van der Waals surface area contributed by atoms with Crippen LogP contribution in [-0.4, -0.2) is 29.8 Å². The van der Waals surface area contributed by atoms with Gasteiger partial charge in [0.15, 0.2) is 0 Å². The van der Waals surface area contributed by atoms with E-state index in [0.717, 1.165) is 12.8 Å². The second-order valence-electron chi connectivity index (χ2n) is 14.6. The molecule has 0 saturated heterocycles. The lowest BCUT2D eigenvalue weighted by atomic mass is 9.63. The third-order valence-corrected chi connectivity index (χ3v) is 19.8. The molecule has 0 unspecified atom stereocenters. The smallest absolute Gasteiger partial charge is 0.288 e. The molecule has 2 aliphatic carbocycles. The first-order valence-electron chi connectivity index (χ1n) is 19.6. The fourth-order valence-electron chi connectivity index (χ4n) is 8.97. The van der Waals surface area contributed by atoms with E-state index >= 15 is 0 Å². The maximum atomic E-state index is 7.63. The highest BCUT2D eigenvalue weighted by atomic mass is 28.4. The first kappa shape index (κ1) is 36.6. The Labute approximate surface area is 329 Å². The molecule has 0 radical (unpaired) electrons. The van der Waals surface area contributed by atoms with E-state index in [1.807, 2.05) is 0 Å². The van der Waals surface area contributed by atoms with E-state index in [9.17, 15) is 0 Å². The quantitative estimate of drug-likeness (QED) is 0.0751. The lowest BCUT2D eigenvalue weighted by molar-refractivity contribution is 0.0951. The molecule has 2 nitrogen and oxygen atoms in total. The van der Waals surface area contributed by atoms with Crippen LogP contribution in [0, 0.1) is 17.3 Å². The third-order valence-electron chi connectivity index (χ3n) is 11.7. The lowest BCUT2D eigenvalue weighted by Crippen LogP contribution is -2.69. The van der Waals surface area contributed by atoms with Gasteiger partial charge >= 0.3 is 0 Å². The Bertz CT molecular complexity index is 1840. The summed E-state index contributed by atoms with van der Waals surface area (Å²) in [6, 6.07) is 65.6. The topological polar surface area (TPSA) is 18.5 Å². The minimum Gasteiger partial charge on any atom is -0.404 e. The molecule has 0 amide bonds. The Morgan fingerprint density at radius 2 is 0.545 bits per heavy atom. The van der Waals surface area contributed by atoms with Crippen LogP contribution in [0.5, 0.6) is 0 Å². The van der Waals surface area contributed by atoms with Crippen LogP contribution < -0.4 is 31.1 Å². The number of rotatable bonds is 16. The zero-order valence-electron chi connectivity index (χ0n) is 31.2. The van der Waals surface area contributed by atoms with Crippen molar-refractivity contribution in [2.75, 3.05) is 13.2 Å². The van der Waals surface area contributed by atoms with Crippen molar-refractivity contribution in [3.8, 4) is 0 Å². The van der Waals surface area contributed by atoms with Gasteiger partial charge in [-0.2, -0.15) is 0 Å². The molecule has 0 spiro atoms. The molecule has 6 aromatic rings. The molecule has 272 valence electrons. The molecule has 0 N–H and O–H groups in total. The van der Waals surface area contributed by atoms with Crippen molar-refractivity contribution in [3.05, 3.63) is 231 Å². The summed E-state index contributed by atoms with van der Waals surface area (Å²) in [5.41, 5.74) is -0.179. The molecule has 4 heteroatoms. The van der Waals surface area contributed by atoms with E-state index in [0.29, 0.717) is 13.2 Å². The molecule has 0 aromatic heterocycles. The molecule has 0 fully saturated rings. The monoisotopic (exact) mass is 748 g/mol. The molecule has 8 rings (SSSR count). The molecular formula is C51H48O2Si2. The van der Waals surface area contributed by atoms with Crippen molar-refractivity contribution >= 4 is 47.8 Å². The molecule has 2 aliphatic rings. The summed E-state index contributed by atoms with van der Waals surface area (Å²) in [5.74, 6) is 0.471. The van der Waals surface area contributed by atoms with Crippen LogP contribution >= 0.6 is 0 Å². The highest BCUT2D eigenvalue weighted by Crippen LogP contribution is 2.48. The van der Waals surface area contributed by atoms with E-state index in [1.54, 1.807) is 0 Å². The van der Waals surface area contributed by atoms with Crippen LogP contribution in [-0.2, 0) is 8.85 Å². The zero-order valence-corrected chi connectivity index (χ0v) is 33.2. The molecular weight excluding hydrogens is 701 g/mol. The third kappa shape index (κ3) is 7.27. The number of hydrogen-bond acceptors (Lipinski definition) is 2. The first-order valence-corrected chi connectivity index (χ1v) is 23.4. The minimum absolute atomic E-state index is 0.179. The van der Waals surface area contributed by atoms with Crippen LogP contribution in [0.1, 0.15) is 12.8 Å². The van der Waals surface area contributed by atoms with Gasteiger partial charge in [-0.3, -0.25) is 0 Å². The maximum Gasteiger partial charge on any atom is 0.288 e. The summed E-state index contributed by atoms with van der Waals surface area (Å²) in [4.78, 5) is 0. The number of benzene rings is 6.